The SMILES string of the molecule is Cc1ccc(C)c(S(=O)(=O)Nc2cnc(N(C)C)c(C(=O)O)c2)c1.O=C(O)C(F)(F)F. The van der Waals surface area contributed by atoms with Gasteiger partial charge in [-0.25, -0.2) is 23.0 Å². The highest BCUT2D eigenvalue weighted by molar-refractivity contribution is 7.92. The van der Waals surface area contributed by atoms with Gasteiger partial charge in [-0.05, 0) is 37.1 Å². The van der Waals surface area contributed by atoms with E-state index in [2.05, 4.69) is 9.71 Å². The lowest BCUT2D eigenvalue weighted by molar-refractivity contribution is -0.192. The summed E-state index contributed by atoms with van der Waals surface area (Å²) in [6.45, 7) is 3.50. The molecule has 3 N–H and O–H groups in total. The standard InChI is InChI=1S/C16H19N3O4S.C2HF3O2/c1-10-5-6-11(2)14(7-10)24(22,23)18-12-8-13(16(20)21)15(17-9-12)19(3)4;3-2(4,5)1(6)7/h5-9,18H,1-4H3,(H,20,21);(H,6,7). The molecule has 0 spiro atoms. The summed E-state index contributed by atoms with van der Waals surface area (Å²) in [5, 5.41) is 16.4. The third-order valence-electron chi connectivity index (χ3n) is 3.65. The number of hydrogen-bond acceptors (Lipinski definition) is 6. The molecule has 0 saturated carbocycles. The number of carboxylic acids is 2. The number of benzene rings is 1. The van der Waals surface area contributed by atoms with E-state index in [-0.39, 0.29) is 22.0 Å². The van der Waals surface area contributed by atoms with E-state index in [0.29, 0.717) is 5.56 Å². The molecule has 0 unspecified atom stereocenters. The molecule has 1 aromatic carbocycles. The highest BCUT2D eigenvalue weighted by atomic mass is 32.2. The predicted octanol–water partition coefficient (Wildman–Crippen LogP) is 2.90. The Labute approximate surface area is 176 Å². The molecule has 0 saturated heterocycles. The number of alkyl halides is 3. The van der Waals surface area contributed by atoms with Gasteiger partial charge in [0.1, 0.15) is 11.4 Å². The average molecular weight is 463 g/mol. The number of nitrogens with one attached hydrogen (secondary N) is 1. The number of aryl methyl sites for hydroxylation is 2. The first-order valence-corrected chi connectivity index (χ1v) is 9.85. The molecule has 1 heterocycles. The van der Waals surface area contributed by atoms with Crippen molar-refractivity contribution < 1.29 is 41.4 Å². The Balaban J connectivity index is 0.000000592. The van der Waals surface area contributed by atoms with Crippen LogP contribution in [-0.2, 0) is 14.8 Å². The van der Waals surface area contributed by atoms with Crippen LogP contribution >= 0.6 is 0 Å². The van der Waals surface area contributed by atoms with E-state index in [1.54, 1.807) is 45.0 Å². The second kappa shape index (κ2) is 9.64. The second-order valence-corrected chi connectivity index (χ2v) is 8.12. The molecule has 9 nitrogen and oxygen atoms in total. The van der Waals surface area contributed by atoms with Gasteiger partial charge in [-0.1, -0.05) is 12.1 Å². The van der Waals surface area contributed by atoms with Crippen molar-refractivity contribution in [1.82, 2.24) is 4.98 Å². The maximum Gasteiger partial charge on any atom is 0.490 e. The topological polar surface area (TPSA) is 137 Å². The van der Waals surface area contributed by atoms with Crippen LogP contribution in [0.2, 0.25) is 0 Å². The maximum atomic E-state index is 12.6. The first-order chi connectivity index (χ1) is 14.1. The molecule has 0 amide bonds. The predicted molar refractivity (Wildman–Crippen MR) is 106 cm³/mol. The Morgan fingerprint density at radius 2 is 1.65 bits per heavy atom. The number of carboxylic acid groups (broad SMARTS) is 2. The van der Waals surface area contributed by atoms with E-state index in [0.717, 1.165) is 5.56 Å². The molecule has 0 aliphatic rings. The van der Waals surface area contributed by atoms with Gasteiger partial charge in [-0.3, -0.25) is 4.72 Å². The Morgan fingerprint density at radius 1 is 1.10 bits per heavy atom. The van der Waals surface area contributed by atoms with Gasteiger partial charge in [0, 0.05) is 14.1 Å². The fraction of sp³-hybridized carbons (Fsp3) is 0.278. The Morgan fingerprint density at radius 3 is 2.10 bits per heavy atom. The van der Waals surface area contributed by atoms with Crippen LogP contribution in [0.4, 0.5) is 24.7 Å². The summed E-state index contributed by atoms with van der Waals surface area (Å²) in [4.78, 5) is 26.0. The molecule has 0 aliphatic carbocycles. The minimum Gasteiger partial charge on any atom is -0.478 e. The van der Waals surface area contributed by atoms with Crippen LogP contribution in [0.15, 0.2) is 35.4 Å². The van der Waals surface area contributed by atoms with Crippen molar-refractivity contribution in [2.24, 2.45) is 0 Å². The molecule has 1 aromatic heterocycles. The third-order valence-corrected chi connectivity index (χ3v) is 5.17. The van der Waals surface area contributed by atoms with Gasteiger partial charge >= 0.3 is 18.1 Å². The Bertz CT molecular complexity index is 1090. The second-order valence-electron chi connectivity index (χ2n) is 6.47. The van der Waals surface area contributed by atoms with Crippen LogP contribution in [0.5, 0.6) is 0 Å². The first kappa shape index (κ1) is 25.7. The van der Waals surface area contributed by atoms with Crippen LogP contribution in [0, 0.1) is 13.8 Å². The van der Waals surface area contributed by atoms with Gasteiger partial charge in [-0.2, -0.15) is 13.2 Å². The number of carbonyl (C=O) groups is 2. The van der Waals surface area contributed by atoms with Crippen LogP contribution in [0.1, 0.15) is 21.5 Å². The van der Waals surface area contributed by atoms with Gasteiger partial charge in [-0.15, -0.1) is 0 Å². The van der Waals surface area contributed by atoms with E-state index in [9.17, 15) is 31.5 Å². The van der Waals surface area contributed by atoms with E-state index in [1.165, 1.54) is 12.3 Å². The van der Waals surface area contributed by atoms with Crippen molar-refractivity contribution in [1.29, 1.82) is 0 Å². The molecule has 0 fully saturated rings. The molecule has 0 radical (unpaired) electrons. The number of aliphatic carboxylic acids is 1. The van der Waals surface area contributed by atoms with Gasteiger partial charge in [0.2, 0.25) is 0 Å². The fourth-order valence-electron chi connectivity index (χ4n) is 2.23. The fourth-order valence-corrected chi connectivity index (χ4v) is 3.60. The molecule has 31 heavy (non-hydrogen) atoms. The average Bonchev–Trinajstić information content (AvgIpc) is 2.62. The van der Waals surface area contributed by atoms with Crippen LogP contribution < -0.4 is 9.62 Å². The van der Waals surface area contributed by atoms with Gasteiger partial charge in [0.25, 0.3) is 10.0 Å². The number of aromatic carboxylic acids is 1. The third kappa shape index (κ3) is 7.13. The number of nitrogens with zero attached hydrogens (tertiary/aromatic N) is 2. The smallest absolute Gasteiger partial charge is 0.478 e. The molecular formula is C18H20F3N3O6S. The minimum atomic E-state index is -5.08. The number of halogens is 3. The van der Waals surface area contributed by atoms with Crippen molar-refractivity contribution in [3.63, 3.8) is 0 Å². The molecule has 0 atom stereocenters. The maximum absolute atomic E-state index is 12.6. The zero-order valence-electron chi connectivity index (χ0n) is 16.9. The van der Waals surface area contributed by atoms with E-state index < -0.39 is 28.1 Å². The summed E-state index contributed by atoms with van der Waals surface area (Å²) < 4.78 is 59.3. The number of hydrogen-bond donors (Lipinski definition) is 3. The highest BCUT2D eigenvalue weighted by Crippen LogP contribution is 2.24. The summed E-state index contributed by atoms with van der Waals surface area (Å²) in [7, 11) is -0.516. The zero-order valence-corrected chi connectivity index (χ0v) is 17.7. The normalized spacial score (nSPS) is 11.2. The lowest BCUT2D eigenvalue weighted by atomic mass is 10.2. The highest BCUT2D eigenvalue weighted by Gasteiger charge is 2.38. The van der Waals surface area contributed by atoms with Crippen molar-refractivity contribution in [3.8, 4) is 0 Å². The summed E-state index contributed by atoms with van der Waals surface area (Å²) >= 11 is 0. The van der Waals surface area contributed by atoms with Crippen LogP contribution in [0.3, 0.4) is 0 Å². The quantitative estimate of drug-likeness (QED) is 0.616. The largest absolute Gasteiger partial charge is 0.490 e. The van der Waals surface area contributed by atoms with Crippen LogP contribution in [0.25, 0.3) is 0 Å². The van der Waals surface area contributed by atoms with Crippen molar-refractivity contribution >= 4 is 33.5 Å². The number of aromatic nitrogens is 1. The number of anilines is 2. The minimum absolute atomic E-state index is 0.0823. The molecule has 0 aliphatic heterocycles. The Hall–Kier alpha value is -3.35. The number of rotatable bonds is 5. The molecule has 13 heteroatoms. The summed E-state index contributed by atoms with van der Waals surface area (Å²) in [6.07, 6.45) is -3.79. The van der Waals surface area contributed by atoms with Crippen molar-refractivity contribution in [2.75, 3.05) is 23.7 Å². The molecule has 0 bridgehead atoms. The zero-order chi connectivity index (χ0) is 24.1. The molecule has 170 valence electrons. The first-order valence-electron chi connectivity index (χ1n) is 8.37. The van der Waals surface area contributed by atoms with E-state index in [1.807, 2.05) is 6.07 Å². The molecule has 2 rings (SSSR count). The summed E-state index contributed by atoms with van der Waals surface area (Å²) in [5.41, 5.74) is 1.43. The van der Waals surface area contributed by atoms with Gasteiger partial charge in [0.05, 0.1) is 16.8 Å². The van der Waals surface area contributed by atoms with Crippen molar-refractivity contribution in [2.45, 2.75) is 24.9 Å². The van der Waals surface area contributed by atoms with E-state index in [4.69, 9.17) is 9.90 Å². The summed E-state index contributed by atoms with van der Waals surface area (Å²) in [6, 6.07) is 6.37. The lowest BCUT2D eigenvalue weighted by Crippen LogP contribution is -2.21. The Kier molecular flexibility index (Phi) is 7.99. The van der Waals surface area contributed by atoms with Gasteiger partial charge < -0.3 is 15.1 Å². The lowest BCUT2D eigenvalue weighted by Gasteiger charge is -2.16. The molecular weight excluding hydrogens is 443 g/mol. The van der Waals surface area contributed by atoms with Crippen molar-refractivity contribution in [3.05, 3.63) is 47.2 Å². The van der Waals surface area contributed by atoms with Gasteiger partial charge in [0.15, 0.2) is 0 Å². The monoisotopic (exact) mass is 463 g/mol. The molecule has 2 aromatic rings. The number of sulfonamides is 1. The van der Waals surface area contributed by atoms with Crippen LogP contribution in [-0.4, -0.2) is 55.8 Å². The van der Waals surface area contributed by atoms with E-state index >= 15 is 0 Å². The number of pyridine rings is 1. The summed E-state index contributed by atoms with van der Waals surface area (Å²) in [5.74, 6) is -3.69.